The zero-order chi connectivity index (χ0) is 12.7. The maximum atomic E-state index is 12.2. The Morgan fingerprint density at radius 1 is 1.44 bits per heavy atom. The monoisotopic (exact) mass is 227 g/mol. The van der Waals surface area contributed by atoms with Crippen LogP contribution in [0.3, 0.4) is 0 Å². The molecule has 0 unspecified atom stereocenters. The SMILES string of the molecule is C=C(C)C(=O)O.O=C(O)c1ccnc(F)c1. The van der Waals surface area contributed by atoms with E-state index in [1.54, 1.807) is 0 Å². The van der Waals surface area contributed by atoms with Crippen molar-refractivity contribution in [1.82, 2.24) is 4.98 Å². The molecule has 1 rings (SSSR count). The highest BCUT2D eigenvalue weighted by molar-refractivity contribution is 5.87. The summed E-state index contributed by atoms with van der Waals surface area (Å²) in [6.07, 6.45) is 1.11. The summed E-state index contributed by atoms with van der Waals surface area (Å²) in [5.74, 6) is -2.86. The quantitative estimate of drug-likeness (QED) is 0.591. The number of hydrogen-bond donors (Lipinski definition) is 2. The summed E-state index contributed by atoms with van der Waals surface area (Å²) in [4.78, 5) is 23.0. The van der Waals surface area contributed by atoms with Crippen molar-refractivity contribution in [2.75, 3.05) is 0 Å². The van der Waals surface area contributed by atoms with E-state index in [2.05, 4.69) is 11.6 Å². The van der Waals surface area contributed by atoms with Gasteiger partial charge in [-0.15, -0.1) is 0 Å². The molecule has 0 fully saturated rings. The summed E-state index contributed by atoms with van der Waals surface area (Å²) in [5.41, 5.74) is 0.0856. The Morgan fingerprint density at radius 2 is 1.94 bits per heavy atom. The van der Waals surface area contributed by atoms with Crippen LogP contribution in [-0.4, -0.2) is 27.1 Å². The summed E-state index contributed by atoms with van der Waals surface area (Å²) < 4.78 is 12.2. The molecule has 6 heteroatoms. The number of nitrogens with zero attached hydrogens (tertiary/aromatic N) is 1. The van der Waals surface area contributed by atoms with Gasteiger partial charge in [0.05, 0.1) is 5.56 Å². The van der Waals surface area contributed by atoms with Gasteiger partial charge < -0.3 is 10.2 Å². The molecule has 16 heavy (non-hydrogen) atoms. The van der Waals surface area contributed by atoms with Crippen molar-refractivity contribution in [3.8, 4) is 0 Å². The normalized spacial score (nSPS) is 8.62. The van der Waals surface area contributed by atoms with Crippen LogP contribution in [0.5, 0.6) is 0 Å². The molecule has 1 aromatic rings. The van der Waals surface area contributed by atoms with Crippen LogP contribution in [0.25, 0.3) is 0 Å². The summed E-state index contributed by atoms with van der Waals surface area (Å²) >= 11 is 0. The lowest BCUT2D eigenvalue weighted by atomic mass is 10.3. The molecular weight excluding hydrogens is 217 g/mol. The lowest BCUT2D eigenvalue weighted by molar-refractivity contribution is -0.132. The van der Waals surface area contributed by atoms with Crippen LogP contribution in [0.4, 0.5) is 4.39 Å². The van der Waals surface area contributed by atoms with Crippen molar-refractivity contribution in [2.45, 2.75) is 6.92 Å². The Morgan fingerprint density at radius 3 is 2.19 bits per heavy atom. The van der Waals surface area contributed by atoms with E-state index >= 15 is 0 Å². The molecule has 0 atom stereocenters. The van der Waals surface area contributed by atoms with E-state index in [0.717, 1.165) is 12.3 Å². The fourth-order valence-corrected chi connectivity index (χ4v) is 0.535. The van der Waals surface area contributed by atoms with Crippen molar-refractivity contribution in [2.24, 2.45) is 0 Å². The zero-order valence-electron chi connectivity index (χ0n) is 8.48. The average molecular weight is 227 g/mol. The van der Waals surface area contributed by atoms with Crippen molar-refractivity contribution in [3.05, 3.63) is 42.0 Å². The third-order valence-electron chi connectivity index (χ3n) is 1.34. The van der Waals surface area contributed by atoms with E-state index in [0.29, 0.717) is 0 Å². The lowest BCUT2D eigenvalue weighted by Gasteiger charge is -1.90. The van der Waals surface area contributed by atoms with Crippen molar-refractivity contribution >= 4 is 11.9 Å². The Labute approximate surface area is 90.9 Å². The minimum atomic E-state index is -1.15. The Hall–Kier alpha value is -2.24. The summed E-state index contributed by atoms with van der Waals surface area (Å²) in [7, 11) is 0. The molecule has 0 amide bonds. The summed E-state index contributed by atoms with van der Waals surface area (Å²) in [6, 6.07) is 2.09. The number of aromatic carboxylic acids is 1. The molecule has 0 spiro atoms. The van der Waals surface area contributed by atoms with Gasteiger partial charge in [0, 0.05) is 17.8 Å². The molecule has 0 saturated heterocycles. The summed E-state index contributed by atoms with van der Waals surface area (Å²) in [5, 5.41) is 16.2. The first kappa shape index (κ1) is 13.8. The first-order valence-electron chi connectivity index (χ1n) is 4.08. The molecule has 0 aliphatic carbocycles. The largest absolute Gasteiger partial charge is 0.478 e. The molecule has 0 radical (unpaired) electrons. The number of carboxylic acids is 2. The van der Waals surface area contributed by atoms with Gasteiger partial charge in [0.1, 0.15) is 0 Å². The molecular formula is C10H10FNO4. The number of halogens is 1. The number of pyridine rings is 1. The molecule has 0 aliphatic rings. The Balaban J connectivity index is 0.000000325. The highest BCUT2D eigenvalue weighted by atomic mass is 19.1. The fourth-order valence-electron chi connectivity index (χ4n) is 0.535. The standard InChI is InChI=1S/C6H4FNO2.C4H6O2/c7-5-3-4(6(9)10)1-2-8-5;1-3(2)4(5)6/h1-3H,(H,9,10);1H2,2H3,(H,5,6). The zero-order valence-corrected chi connectivity index (χ0v) is 8.48. The highest BCUT2D eigenvalue weighted by Crippen LogP contribution is 1.98. The maximum absolute atomic E-state index is 12.2. The van der Waals surface area contributed by atoms with Gasteiger partial charge in [-0.05, 0) is 13.0 Å². The molecule has 0 aromatic carbocycles. The molecule has 0 bridgehead atoms. The third-order valence-corrected chi connectivity index (χ3v) is 1.34. The third kappa shape index (κ3) is 5.48. The molecule has 0 saturated carbocycles. The minimum Gasteiger partial charge on any atom is -0.478 e. The highest BCUT2D eigenvalue weighted by Gasteiger charge is 2.02. The van der Waals surface area contributed by atoms with Gasteiger partial charge >= 0.3 is 11.9 Å². The van der Waals surface area contributed by atoms with E-state index in [9.17, 15) is 14.0 Å². The number of rotatable bonds is 2. The van der Waals surface area contributed by atoms with E-state index < -0.39 is 17.9 Å². The van der Waals surface area contributed by atoms with Gasteiger partial charge in [0.2, 0.25) is 5.95 Å². The number of aromatic nitrogens is 1. The smallest absolute Gasteiger partial charge is 0.335 e. The molecule has 1 aromatic heterocycles. The van der Waals surface area contributed by atoms with Gasteiger partial charge in [-0.1, -0.05) is 6.58 Å². The summed E-state index contributed by atoms with van der Waals surface area (Å²) in [6.45, 7) is 4.60. The van der Waals surface area contributed by atoms with E-state index in [4.69, 9.17) is 10.2 Å². The van der Waals surface area contributed by atoms with Crippen LogP contribution in [0, 0.1) is 5.95 Å². The van der Waals surface area contributed by atoms with Crippen LogP contribution in [-0.2, 0) is 4.79 Å². The van der Waals surface area contributed by atoms with E-state index in [1.165, 1.54) is 13.0 Å². The Kier molecular flexibility index (Phi) is 5.40. The average Bonchev–Trinajstić information content (AvgIpc) is 2.18. The first-order valence-corrected chi connectivity index (χ1v) is 4.08. The number of carbonyl (C=O) groups is 2. The van der Waals surface area contributed by atoms with Gasteiger partial charge in [-0.25, -0.2) is 14.6 Å². The first-order chi connectivity index (χ1) is 7.34. The second-order valence-electron chi connectivity index (χ2n) is 2.76. The fraction of sp³-hybridized carbons (Fsp3) is 0.100. The Bertz CT molecular complexity index is 405. The second-order valence-corrected chi connectivity index (χ2v) is 2.76. The molecule has 0 aliphatic heterocycles. The van der Waals surface area contributed by atoms with Crippen LogP contribution in [0.2, 0.25) is 0 Å². The van der Waals surface area contributed by atoms with Crippen LogP contribution in [0.1, 0.15) is 17.3 Å². The predicted octanol–water partition coefficient (Wildman–Crippen LogP) is 1.57. The van der Waals surface area contributed by atoms with E-state index in [-0.39, 0.29) is 11.1 Å². The minimum absolute atomic E-state index is 0.0903. The molecule has 5 nitrogen and oxygen atoms in total. The lowest BCUT2D eigenvalue weighted by Crippen LogP contribution is -1.97. The van der Waals surface area contributed by atoms with Crippen molar-refractivity contribution in [1.29, 1.82) is 0 Å². The van der Waals surface area contributed by atoms with Crippen LogP contribution >= 0.6 is 0 Å². The number of aliphatic carboxylic acids is 1. The van der Waals surface area contributed by atoms with Gasteiger partial charge in [-0.3, -0.25) is 0 Å². The van der Waals surface area contributed by atoms with Gasteiger partial charge in [0.15, 0.2) is 0 Å². The van der Waals surface area contributed by atoms with E-state index in [1.807, 2.05) is 0 Å². The van der Waals surface area contributed by atoms with Crippen molar-refractivity contribution < 1.29 is 24.2 Å². The molecule has 86 valence electrons. The van der Waals surface area contributed by atoms with Crippen LogP contribution in [0.15, 0.2) is 30.5 Å². The molecule has 2 N–H and O–H groups in total. The number of carboxylic acid groups (broad SMARTS) is 2. The van der Waals surface area contributed by atoms with Gasteiger partial charge in [-0.2, -0.15) is 4.39 Å². The number of hydrogen-bond acceptors (Lipinski definition) is 3. The maximum Gasteiger partial charge on any atom is 0.335 e. The van der Waals surface area contributed by atoms with Crippen molar-refractivity contribution in [3.63, 3.8) is 0 Å². The van der Waals surface area contributed by atoms with Crippen LogP contribution < -0.4 is 0 Å². The topological polar surface area (TPSA) is 87.5 Å². The second kappa shape index (κ2) is 6.28. The van der Waals surface area contributed by atoms with Gasteiger partial charge in [0.25, 0.3) is 0 Å². The predicted molar refractivity (Wildman–Crippen MR) is 53.6 cm³/mol. The molecule has 1 heterocycles.